The normalized spacial score (nSPS) is 10.4. The van der Waals surface area contributed by atoms with E-state index in [1.807, 2.05) is 18.2 Å². The van der Waals surface area contributed by atoms with Gasteiger partial charge in [0.15, 0.2) is 0 Å². The number of carbonyl (C=O) groups is 2. The molecule has 126 valence electrons. The summed E-state index contributed by atoms with van der Waals surface area (Å²) in [5.41, 5.74) is 1.93. The summed E-state index contributed by atoms with van der Waals surface area (Å²) < 4.78 is 0. The molecule has 0 spiro atoms. The molecule has 0 aliphatic heterocycles. The minimum atomic E-state index is -1.12. The van der Waals surface area contributed by atoms with Crippen molar-refractivity contribution in [1.82, 2.24) is 0 Å². The number of anilines is 1. The Hall–Kier alpha value is -2.33. The zero-order valence-electron chi connectivity index (χ0n) is 13.3. The van der Waals surface area contributed by atoms with Crippen LogP contribution in [0.4, 0.5) is 5.69 Å². The Morgan fingerprint density at radius 3 is 2.25 bits per heavy atom. The molecule has 2 aromatic carbocycles. The van der Waals surface area contributed by atoms with Crippen LogP contribution in [-0.2, 0) is 16.0 Å². The molecule has 24 heavy (non-hydrogen) atoms. The van der Waals surface area contributed by atoms with Gasteiger partial charge in [-0.1, -0.05) is 41.9 Å². The zero-order valence-corrected chi connectivity index (χ0v) is 14.1. The van der Waals surface area contributed by atoms with Gasteiger partial charge < -0.3 is 10.0 Å². The van der Waals surface area contributed by atoms with Crippen LogP contribution in [0.2, 0.25) is 5.02 Å². The third kappa shape index (κ3) is 5.70. The predicted octanol–water partition coefficient (Wildman–Crippen LogP) is 4.17. The lowest BCUT2D eigenvalue weighted by Gasteiger charge is -2.22. The van der Waals surface area contributed by atoms with Gasteiger partial charge in [0.2, 0.25) is 5.91 Å². The number of halogens is 1. The first-order valence-corrected chi connectivity index (χ1v) is 8.25. The highest BCUT2D eigenvalue weighted by Crippen LogP contribution is 2.20. The number of carboxylic acids is 1. The average molecular weight is 346 g/mol. The van der Waals surface area contributed by atoms with Crippen LogP contribution >= 0.6 is 11.6 Å². The van der Waals surface area contributed by atoms with Gasteiger partial charge in [-0.25, -0.2) is 0 Å². The fourth-order valence-electron chi connectivity index (χ4n) is 2.49. The van der Waals surface area contributed by atoms with Crippen LogP contribution in [0.15, 0.2) is 54.6 Å². The van der Waals surface area contributed by atoms with Crippen LogP contribution in [0.1, 0.15) is 24.8 Å². The minimum absolute atomic E-state index is 0.412. The smallest absolute Gasteiger partial charge is 0.312 e. The molecular weight excluding hydrogens is 326 g/mol. The van der Waals surface area contributed by atoms with E-state index in [9.17, 15) is 9.59 Å². The van der Waals surface area contributed by atoms with Gasteiger partial charge in [0, 0.05) is 17.3 Å². The summed E-state index contributed by atoms with van der Waals surface area (Å²) in [5, 5.41) is 9.45. The Kier molecular flexibility index (Phi) is 6.82. The quantitative estimate of drug-likeness (QED) is 0.577. The molecule has 0 radical (unpaired) electrons. The summed E-state index contributed by atoms with van der Waals surface area (Å²) in [6, 6.07) is 17.0. The number of unbranched alkanes of at least 4 members (excludes halogenated alkanes) is 1. The van der Waals surface area contributed by atoms with E-state index < -0.39 is 18.3 Å². The molecule has 0 unspecified atom stereocenters. The van der Waals surface area contributed by atoms with Gasteiger partial charge in [0.05, 0.1) is 0 Å². The van der Waals surface area contributed by atoms with Gasteiger partial charge in [0.25, 0.3) is 0 Å². The number of hydrogen-bond acceptors (Lipinski definition) is 2. The third-order valence-corrected chi connectivity index (χ3v) is 3.93. The van der Waals surface area contributed by atoms with Gasteiger partial charge in [-0.05, 0) is 49.1 Å². The summed E-state index contributed by atoms with van der Waals surface area (Å²) >= 11 is 5.88. The molecule has 0 aliphatic rings. The van der Waals surface area contributed by atoms with Crippen molar-refractivity contribution in [2.24, 2.45) is 0 Å². The van der Waals surface area contributed by atoms with E-state index in [-0.39, 0.29) is 0 Å². The Balaban J connectivity index is 1.96. The van der Waals surface area contributed by atoms with Crippen LogP contribution in [0, 0.1) is 0 Å². The molecule has 2 rings (SSSR count). The van der Waals surface area contributed by atoms with E-state index in [4.69, 9.17) is 16.7 Å². The molecule has 0 saturated heterocycles. The fourth-order valence-corrected chi connectivity index (χ4v) is 2.61. The maximum Gasteiger partial charge on any atom is 0.312 e. The van der Waals surface area contributed by atoms with Crippen molar-refractivity contribution >= 4 is 29.2 Å². The number of rotatable bonds is 8. The largest absolute Gasteiger partial charge is 0.481 e. The van der Waals surface area contributed by atoms with Crippen LogP contribution < -0.4 is 4.90 Å². The number of benzene rings is 2. The molecule has 0 bridgehead atoms. The van der Waals surface area contributed by atoms with E-state index in [0.29, 0.717) is 17.3 Å². The topological polar surface area (TPSA) is 57.6 Å². The van der Waals surface area contributed by atoms with E-state index in [1.165, 1.54) is 10.5 Å². The Labute approximate surface area is 146 Å². The van der Waals surface area contributed by atoms with Crippen molar-refractivity contribution in [2.75, 3.05) is 11.4 Å². The second kappa shape index (κ2) is 9.08. The van der Waals surface area contributed by atoms with Crippen molar-refractivity contribution in [3.05, 3.63) is 65.2 Å². The molecule has 0 saturated carbocycles. The van der Waals surface area contributed by atoms with E-state index >= 15 is 0 Å². The maximum absolute atomic E-state index is 12.2. The molecule has 0 atom stereocenters. The summed E-state index contributed by atoms with van der Waals surface area (Å²) in [6.45, 7) is 0.487. The molecule has 0 aliphatic carbocycles. The summed E-state index contributed by atoms with van der Waals surface area (Å²) in [4.78, 5) is 24.6. The standard InChI is InChI=1S/C19H20ClNO3/c20-16-9-11-17(12-10-16)21(18(22)14-19(23)24)13-5-4-8-15-6-2-1-3-7-15/h1-3,6-7,9-12H,4-5,8,13-14H2,(H,23,24). The Morgan fingerprint density at radius 1 is 0.958 bits per heavy atom. The first-order valence-electron chi connectivity index (χ1n) is 7.88. The second-order valence-electron chi connectivity index (χ2n) is 5.54. The molecule has 0 heterocycles. The number of aliphatic carboxylic acids is 1. The summed E-state index contributed by atoms with van der Waals surface area (Å²) in [7, 11) is 0. The Bertz CT molecular complexity index is 671. The number of carboxylic acid groups (broad SMARTS) is 1. The average Bonchev–Trinajstić information content (AvgIpc) is 2.56. The number of hydrogen-bond donors (Lipinski definition) is 1. The van der Waals surface area contributed by atoms with Gasteiger partial charge in [-0.15, -0.1) is 0 Å². The van der Waals surface area contributed by atoms with Crippen LogP contribution in [-0.4, -0.2) is 23.5 Å². The van der Waals surface area contributed by atoms with Gasteiger partial charge in [-0.3, -0.25) is 9.59 Å². The number of amides is 1. The SMILES string of the molecule is O=C(O)CC(=O)N(CCCCc1ccccc1)c1ccc(Cl)cc1. The van der Waals surface area contributed by atoms with E-state index in [2.05, 4.69) is 12.1 Å². The lowest BCUT2D eigenvalue weighted by molar-refractivity contribution is -0.140. The number of carbonyl (C=O) groups excluding carboxylic acids is 1. The van der Waals surface area contributed by atoms with Crippen LogP contribution in [0.5, 0.6) is 0 Å². The molecule has 5 heteroatoms. The highest BCUT2D eigenvalue weighted by molar-refractivity contribution is 6.30. The first kappa shape index (κ1) is 18.0. The fraction of sp³-hybridized carbons (Fsp3) is 0.263. The summed E-state index contributed by atoms with van der Waals surface area (Å²) in [6.07, 6.45) is 2.14. The molecular formula is C19H20ClNO3. The molecule has 1 N–H and O–H groups in total. The number of nitrogens with zero attached hydrogens (tertiary/aromatic N) is 1. The van der Waals surface area contributed by atoms with Gasteiger partial charge >= 0.3 is 5.97 Å². The second-order valence-corrected chi connectivity index (χ2v) is 5.97. The Morgan fingerprint density at radius 2 is 1.62 bits per heavy atom. The van der Waals surface area contributed by atoms with Crippen molar-refractivity contribution < 1.29 is 14.7 Å². The predicted molar refractivity (Wildman–Crippen MR) is 95.4 cm³/mol. The van der Waals surface area contributed by atoms with E-state index in [1.54, 1.807) is 24.3 Å². The highest BCUT2D eigenvalue weighted by Gasteiger charge is 2.18. The van der Waals surface area contributed by atoms with Gasteiger partial charge in [0.1, 0.15) is 6.42 Å². The zero-order chi connectivity index (χ0) is 17.4. The highest BCUT2D eigenvalue weighted by atomic mass is 35.5. The van der Waals surface area contributed by atoms with Crippen LogP contribution in [0.3, 0.4) is 0 Å². The van der Waals surface area contributed by atoms with E-state index in [0.717, 1.165) is 19.3 Å². The molecule has 0 fully saturated rings. The monoisotopic (exact) mass is 345 g/mol. The molecule has 4 nitrogen and oxygen atoms in total. The minimum Gasteiger partial charge on any atom is -0.481 e. The molecule has 2 aromatic rings. The van der Waals surface area contributed by atoms with Gasteiger partial charge in [-0.2, -0.15) is 0 Å². The lowest BCUT2D eigenvalue weighted by atomic mass is 10.1. The summed E-state index contributed by atoms with van der Waals surface area (Å²) in [5.74, 6) is -1.53. The van der Waals surface area contributed by atoms with Crippen LogP contribution in [0.25, 0.3) is 0 Å². The first-order chi connectivity index (χ1) is 11.6. The van der Waals surface area contributed by atoms with Crippen molar-refractivity contribution in [1.29, 1.82) is 0 Å². The van der Waals surface area contributed by atoms with Crippen molar-refractivity contribution in [3.63, 3.8) is 0 Å². The maximum atomic E-state index is 12.2. The third-order valence-electron chi connectivity index (χ3n) is 3.68. The lowest BCUT2D eigenvalue weighted by Crippen LogP contribution is -2.33. The number of aryl methyl sites for hydroxylation is 1. The van der Waals surface area contributed by atoms with Crippen molar-refractivity contribution in [3.8, 4) is 0 Å². The molecule has 1 amide bonds. The van der Waals surface area contributed by atoms with Crippen molar-refractivity contribution in [2.45, 2.75) is 25.7 Å². The molecule has 0 aromatic heterocycles.